The number of hydrogen-bond acceptors (Lipinski definition) is 3. The second-order valence-corrected chi connectivity index (χ2v) is 7.02. The van der Waals surface area contributed by atoms with Gasteiger partial charge in [-0.2, -0.15) is 0 Å². The maximum Gasteiger partial charge on any atom is 0.240 e. The molecule has 0 aliphatic carbocycles. The first kappa shape index (κ1) is 14.7. The van der Waals surface area contributed by atoms with E-state index in [1.165, 1.54) is 0 Å². The molecule has 0 fully saturated rings. The zero-order chi connectivity index (χ0) is 15.7. The zero-order valence-corrected chi connectivity index (χ0v) is 13.3. The Labute approximate surface area is 129 Å². The van der Waals surface area contributed by atoms with Crippen LogP contribution >= 0.6 is 0 Å². The van der Waals surface area contributed by atoms with Gasteiger partial charge >= 0.3 is 0 Å². The highest BCUT2D eigenvalue weighted by atomic mass is 32.2. The number of nitrogens with one attached hydrogen (secondary N) is 1. The van der Waals surface area contributed by atoms with Gasteiger partial charge in [-0.25, -0.2) is 18.1 Å². The van der Waals surface area contributed by atoms with Gasteiger partial charge in [0.15, 0.2) is 0 Å². The quantitative estimate of drug-likeness (QED) is 0.804. The highest BCUT2D eigenvalue weighted by Gasteiger charge is 2.15. The van der Waals surface area contributed by atoms with E-state index in [-0.39, 0.29) is 11.4 Å². The first-order chi connectivity index (χ1) is 10.5. The molecule has 1 aromatic heterocycles. The summed E-state index contributed by atoms with van der Waals surface area (Å²) in [7, 11) is -1.68. The van der Waals surface area contributed by atoms with Crippen LogP contribution in [0.2, 0.25) is 0 Å². The molecule has 3 aromatic rings. The summed E-state index contributed by atoms with van der Waals surface area (Å²) < 4.78 is 29.3. The number of fused-ring (bicyclic) bond motifs is 1. The number of aromatic nitrogens is 2. The van der Waals surface area contributed by atoms with Crippen LogP contribution in [0.1, 0.15) is 11.1 Å². The van der Waals surface area contributed by atoms with Crippen molar-refractivity contribution in [3.8, 4) is 0 Å². The van der Waals surface area contributed by atoms with Crippen molar-refractivity contribution in [1.82, 2.24) is 14.3 Å². The molecule has 0 atom stereocenters. The number of imidazole rings is 1. The topological polar surface area (TPSA) is 64.0 Å². The number of aryl methyl sites for hydroxylation is 2. The van der Waals surface area contributed by atoms with E-state index in [2.05, 4.69) is 9.71 Å². The lowest BCUT2D eigenvalue weighted by Crippen LogP contribution is -2.23. The largest absolute Gasteiger partial charge is 0.334 e. The monoisotopic (exact) mass is 315 g/mol. The Morgan fingerprint density at radius 1 is 1.18 bits per heavy atom. The van der Waals surface area contributed by atoms with Gasteiger partial charge in [-0.05, 0) is 36.2 Å². The SMILES string of the molecule is Cc1ccccc1CNS(=O)(=O)c1ccc2c(c1)ncn2C. The van der Waals surface area contributed by atoms with E-state index >= 15 is 0 Å². The van der Waals surface area contributed by atoms with Gasteiger partial charge in [0.05, 0.1) is 22.3 Å². The minimum Gasteiger partial charge on any atom is -0.334 e. The van der Waals surface area contributed by atoms with Crippen LogP contribution in [0.4, 0.5) is 0 Å². The van der Waals surface area contributed by atoms with Crippen molar-refractivity contribution >= 4 is 21.1 Å². The predicted octanol–water partition coefficient (Wildman–Crippen LogP) is 2.36. The van der Waals surface area contributed by atoms with Gasteiger partial charge in [-0.1, -0.05) is 24.3 Å². The summed E-state index contributed by atoms with van der Waals surface area (Å²) in [4.78, 5) is 4.42. The second-order valence-electron chi connectivity index (χ2n) is 5.26. The average Bonchev–Trinajstić information content (AvgIpc) is 2.87. The van der Waals surface area contributed by atoms with E-state index in [1.807, 2.05) is 42.8 Å². The third-order valence-corrected chi connectivity index (χ3v) is 5.12. The van der Waals surface area contributed by atoms with Crippen LogP contribution in [0.3, 0.4) is 0 Å². The third kappa shape index (κ3) is 2.75. The maximum atomic E-state index is 12.4. The fourth-order valence-electron chi connectivity index (χ4n) is 2.35. The Balaban J connectivity index is 1.86. The molecule has 5 nitrogen and oxygen atoms in total. The molecule has 6 heteroatoms. The van der Waals surface area contributed by atoms with Crippen molar-refractivity contribution < 1.29 is 8.42 Å². The van der Waals surface area contributed by atoms with E-state index in [4.69, 9.17) is 0 Å². The molecule has 0 unspecified atom stereocenters. The minimum absolute atomic E-state index is 0.229. The van der Waals surface area contributed by atoms with Crippen LogP contribution in [0.5, 0.6) is 0 Å². The van der Waals surface area contributed by atoms with Crippen LogP contribution in [-0.2, 0) is 23.6 Å². The Morgan fingerprint density at radius 2 is 1.95 bits per heavy atom. The van der Waals surface area contributed by atoms with Gasteiger partial charge in [0.25, 0.3) is 0 Å². The van der Waals surface area contributed by atoms with Gasteiger partial charge in [0.1, 0.15) is 0 Å². The van der Waals surface area contributed by atoms with Gasteiger partial charge < -0.3 is 4.57 Å². The summed E-state index contributed by atoms with van der Waals surface area (Å²) in [6, 6.07) is 12.7. The van der Waals surface area contributed by atoms with E-state index in [1.54, 1.807) is 24.5 Å². The Bertz CT molecular complexity index is 929. The summed E-state index contributed by atoms with van der Waals surface area (Å²) in [5, 5.41) is 0. The Kier molecular flexibility index (Phi) is 3.72. The summed E-state index contributed by atoms with van der Waals surface area (Å²) in [5.41, 5.74) is 3.59. The normalized spacial score (nSPS) is 11.9. The summed E-state index contributed by atoms with van der Waals surface area (Å²) in [5.74, 6) is 0. The molecular weight excluding hydrogens is 298 g/mol. The average molecular weight is 315 g/mol. The first-order valence-electron chi connectivity index (χ1n) is 6.92. The van der Waals surface area contributed by atoms with Crippen molar-refractivity contribution in [2.24, 2.45) is 7.05 Å². The molecular formula is C16H17N3O2S. The summed E-state index contributed by atoms with van der Waals surface area (Å²) in [6.07, 6.45) is 1.67. The maximum absolute atomic E-state index is 12.4. The van der Waals surface area contributed by atoms with Crippen LogP contribution < -0.4 is 4.72 Å². The number of nitrogens with zero attached hydrogens (tertiary/aromatic N) is 2. The first-order valence-corrected chi connectivity index (χ1v) is 8.41. The molecule has 0 radical (unpaired) electrons. The van der Waals surface area contributed by atoms with Crippen LogP contribution in [0.25, 0.3) is 11.0 Å². The zero-order valence-electron chi connectivity index (χ0n) is 12.4. The number of rotatable bonds is 4. The van der Waals surface area contributed by atoms with E-state index < -0.39 is 10.0 Å². The van der Waals surface area contributed by atoms with E-state index in [9.17, 15) is 8.42 Å². The molecule has 2 aromatic carbocycles. The number of sulfonamides is 1. The lowest BCUT2D eigenvalue weighted by molar-refractivity contribution is 0.581. The van der Waals surface area contributed by atoms with Crippen molar-refractivity contribution in [2.75, 3.05) is 0 Å². The van der Waals surface area contributed by atoms with Crippen molar-refractivity contribution in [3.05, 3.63) is 59.9 Å². The Morgan fingerprint density at radius 3 is 2.73 bits per heavy atom. The summed E-state index contributed by atoms with van der Waals surface area (Å²) >= 11 is 0. The molecule has 0 bridgehead atoms. The van der Waals surface area contributed by atoms with E-state index in [0.29, 0.717) is 5.52 Å². The van der Waals surface area contributed by atoms with Crippen LogP contribution in [0, 0.1) is 6.92 Å². The molecule has 0 spiro atoms. The van der Waals surface area contributed by atoms with Crippen molar-refractivity contribution in [1.29, 1.82) is 0 Å². The van der Waals surface area contributed by atoms with Crippen molar-refractivity contribution in [2.45, 2.75) is 18.4 Å². The lowest BCUT2D eigenvalue weighted by Gasteiger charge is -2.09. The van der Waals surface area contributed by atoms with Gasteiger partial charge in [-0.3, -0.25) is 0 Å². The number of hydrogen-bond donors (Lipinski definition) is 1. The molecule has 114 valence electrons. The molecule has 0 saturated carbocycles. The molecule has 1 heterocycles. The standard InChI is InChI=1S/C16H17N3O2S/c1-12-5-3-4-6-13(12)10-18-22(20,21)14-7-8-16-15(9-14)17-11-19(16)2/h3-9,11,18H,10H2,1-2H3. The molecule has 0 aliphatic rings. The number of benzene rings is 2. The smallest absolute Gasteiger partial charge is 0.240 e. The lowest BCUT2D eigenvalue weighted by atomic mass is 10.1. The van der Waals surface area contributed by atoms with E-state index in [0.717, 1.165) is 16.6 Å². The third-order valence-electron chi connectivity index (χ3n) is 3.72. The highest BCUT2D eigenvalue weighted by Crippen LogP contribution is 2.18. The predicted molar refractivity (Wildman–Crippen MR) is 85.9 cm³/mol. The molecule has 0 amide bonds. The molecule has 22 heavy (non-hydrogen) atoms. The molecule has 1 N–H and O–H groups in total. The van der Waals surface area contributed by atoms with Gasteiger partial charge in [0, 0.05) is 13.6 Å². The second kappa shape index (κ2) is 5.55. The van der Waals surface area contributed by atoms with Crippen molar-refractivity contribution in [3.63, 3.8) is 0 Å². The fraction of sp³-hybridized carbons (Fsp3) is 0.188. The Hall–Kier alpha value is -2.18. The van der Waals surface area contributed by atoms with Crippen LogP contribution in [-0.4, -0.2) is 18.0 Å². The fourth-order valence-corrected chi connectivity index (χ4v) is 3.37. The molecule has 0 aliphatic heterocycles. The summed E-state index contributed by atoms with van der Waals surface area (Å²) in [6.45, 7) is 2.23. The minimum atomic E-state index is -3.56. The van der Waals surface area contributed by atoms with Crippen LogP contribution in [0.15, 0.2) is 53.7 Å². The van der Waals surface area contributed by atoms with Gasteiger partial charge in [-0.15, -0.1) is 0 Å². The highest BCUT2D eigenvalue weighted by molar-refractivity contribution is 7.89. The molecule has 3 rings (SSSR count). The van der Waals surface area contributed by atoms with Gasteiger partial charge in [0.2, 0.25) is 10.0 Å². The molecule has 0 saturated heterocycles.